The van der Waals surface area contributed by atoms with Crippen LogP contribution in [0.15, 0.2) is 494 Å². The Morgan fingerprint density at radius 2 is 0.623 bits per heavy atom. The molecule has 8 heterocycles. The smallest absolute Gasteiger partial charge is 0.161 e. The van der Waals surface area contributed by atoms with Crippen molar-refractivity contribution in [3.63, 3.8) is 0 Å². The minimum absolute atomic E-state index is 0.159. The standard InChI is InChI=1S/C46H30N4.C40H25N3S.C39H26N4O/c1-4-14-31(15-5-1)40-29-41(32-16-6-2-7-17-32)48-46(47-40)33-24-26-35(27-25-33)50-43-23-13-11-21-37(43)39-28-38-36-20-10-12-22-42(36)49(44(38)30-45(39)50)34-18-8-3-9-19-34;1-3-11-26(12-4-1)34-24-35(27-13-5-2-6-14-27)42-40(41-34)28-19-21-29(22-20-28)43-36-17-9-7-15-30(36)32-23-33-31-16-8-10-18-38(31)44-39(33)25-37(32)43;40-38(27-13-5-2-6-14-27)42-39(41-25-26-11-3-1-4-12-26)28-19-21-29(22-20-28)43-33-17-9-7-16-32(33)36-34(43)24-23-31-30-15-8-10-18-35(30)44-37(31)36/h1-30H;1-25H;1-25,40H. The molecule has 0 aliphatic rings. The first-order valence-corrected chi connectivity index (χ1v) is 47.0. The number of hydrogen-bond acceptors (Lipinski definition) is 7. The Morgan fingerprint density at radius 3 is 1.11 bits per heavy atom. The molecule has 0 aliphatic heterocycles. The Kier molecular flexibility index (Phi) is 20.7. The van der Waals surface area contributed by atoms with E-state index in [0.29, 0.717) is 17.5 Å². The summed E-state index contributed by atoms with van der Waals surface area (Å²) >= 11 is 1.86. The monoisotopic (exact) mass is 1780 g/mol. The first-order chi connectivity index (χ1) is 68.3. The lowest BCUT2D eigenvalue weighted by Gasteiger charge is -2.12. The number of furan rings is 1. The molecule has 13 heteroatoms. The molecule has 0 saturated carbocycles. The van der Waals surface area contributed by atoms with Crippen LogP contribution in [0.2, 0.25) is 0 Å². The maximum atomic E-state index is 8.66. The third kappa shape index (κ3) is 14.9. The van der Waals surface area contributed by atoms with Gasteiger partial charge in [-0.3, -0.25) is 5.41 Å². The molecule has 0 saturated heterocycles. The second-order valence-electron chi connectivity index (χ2n) is 34.4. The van der Waals surface area contributed by atoms with Gasteiger partial charge >= 0.3 is 0 Å². The van der Waals surface area contributed by atoms with Gasteiger partial charge in [0.15, 0.2) is 23.3 Å². The molecule has 0 spiro atoms. The number of rotatable bonds is 13. The number of fused-ring (bicyclic) bond motifs is 19. The zero-order chi connectivity index (χ0) is 91.5. The molecule has 8 aromatic heterocycles. The molecule has 0 amide bonds. The molecule has 0 radical (unpaired) electrons. The van der Waals surface area contributed by atoms with Gasteiger partial charge in [0.2, 0.25) is 0 Å². The number of amidine groups is 2. The number of nitrogens with zero attached hydrogens (tertiary/aromatic N) is 10. The summed E-state index contributed by atoms with van der Waals surface area (Å²) < 4.78 is 18.5. The van der Waals surface area contributed by atoms with Crippen molar-refractivity contribution >= 4 is 159 Å². The van der Waals surface area contributed by atoms with Crippen molar-refractivity contribution in [2.24, 2.45) is 9.98 Å². The Morgan fingerprint density at radius 1 is 0.254 bits per heavy atom. The van der Waals surface area contributed by atoms with E-state index < -0.39 is 0 Å². The second kappa shape index (κ2) is 34.9. The van der Waals surface area contributed by atoms with Crippen LogP contribution in [0.25, 0.3) is 220 Å². The summed E-state index contributed by atoms with van der Waals surface area (Å²) in [6, 6.07) is 166. The fourth-order valence-corrected chi connectivity index (χ4v) is 20.7. The van der Waals surface area contributed by atoms with E-state index in [2.05, 4.69) is 345 Å². The van der Waals surface area contributed by atoms with Crippen molar-refractivity contribution in [3.8, 4) is 90.6 Å². The van der Waals surface area contributed by atoms with Crippen molar-refractivity contribution < 1.29 is 4.42 Å². The third-order valence-corrected chi connectivity index (χ3v) is 27.2. The predicted octanol–water partition coefficient (Wildman–Crippen LogP) is 32.2. The highest BCUT2D eigenvalue weighted by Crippen LogP contribution is 2.46. The van der Waals surface area contributed by atoms with Gasteiger partial charge in [-0.1, -0.05) is 309 Å². The molecule has 138 heavy (non-hydrogen) atoms. The number of thiophene rings is 1. The topological polar surface area (TPSA) is 133 Å². The maximum Gasteiger partial charge on any atom is 0.161 e. The maximum absolute atomic E-state index is 8.66. The summed E-state index contributed by atoms with van der Waals surface area (Å²) in [4.78, 5) is 29.6. The van der Waals surface area contributed by atoms with Gasteiger partial charge in [0.05, 0.1) is 72.3 Å². The fourth-order valence-electron chi connectivity index (χ4n) is 19.6. The van der Waals surface area contributed by atoms with Gasteiger partial charge in [0, 0.05) is 142 Å². The van der Waals surface area contributed by atoms with Crippen LogP contribution in [0.3, 0.4) is 0 Å². The molecule has 0 aliphatic carbocycles. The Balaban J connectivity index is 0.000000110. The largest absolute Gasteiger partial charge is 0.455 e. The van der Waals surface area contributed by atoms with E-state index in [4.69, 9.17) is 34.8 Å². The number of aromatic nitrogens is 8. The van der Waals surface area contributed by atoms with Gasteiger partial charge in [-0.25, -0.2) is 29.9 Å². The van der Waals surface area contributed by atoms with Gasteiger partial charge in [-0.15, -0.1) is 11.3 Å². The van der Waals surface area contributed by atoms with Crippen LogP contribution < -0.4 is 0 Å². The van der Waals surface area contributed by atoms with Crippen LogP contribution in [0.1, 0.15) is 16.7 Å². The Bertz CT molecular complexity index is 9300. The average Bonchev–Trinajstić information content (AvgIpc) is 1.55. The van der Waals surface area contributed by atoms with Crippen molar-refractivity contribution in [1.82, 2.24) is 38.2 Å². The first-order valence-electron chi connectivity index (χ1n) is 46.2. The highest BCUT2D eigenvalue weighted by Gasteiger charge is 2.24. The SMILES string of the molecule is N=C(N=C(N=Cc1ccccc1)c1ccc(-n2c3ccccc3c3c4oc5ccccc5c4ccc32)cc1)c1ccccc1.c1ccc(-c2cc(-c3ccccc3)nc(-c3ccc(-n4c5ccccc5c5cc6c(cc54)sc4ccccc46)cc3)n2)cc1.c1ccc(-c2cc(-c3ccccc3)nc(-c3ccc(-n4c5ccccc5c5cc6c7ccccc7n(-c7ccccc7)c6cc54)cc3)n2)cc1. The fraction of sp³-hybridized carbons (Fsp3) is 0. The summed E-state index contributed by atoms with van der Waals surface area (Å²) in [6.45, 7) is 0. The summed E-state index contributed by atoms with van der Waals surface area (Å²) in [5.74, 6) is 2.05. The molecular weight excluding hydrogens is 1700 g/mol. The average molecular weight is 1790 g/mol. The number of benzene rings is 19. The molecule has 27 aromatic rings. The Hall–Kier alpha value is -18.4. The van der Waals surface area contributed by atoms with Gasteiger partial charge in [0.25, 0.3) is 0 Å². The van der Waals surface area contributed by atoms with Crippen LogP contribution in [-0.2, 0) is 0 Å². The molecule has 0 atom stereocenters. The second-order valence-corrected chi connectivity index (χ2v) is 35.5. The lowest BCUT2D eigenvalue weighted by molar-refractivity contribution is 0.673. The lowest BCUT2D eigenvalue weighted by Crippen LogP contribution is -2.05. The minimum Gasteiger partial charge on any atom is -0.455 e. The van der Waals surface area contributed by atoms with Crippen LogP contribution in [0.4, 0.5) is 0 Å². The van der Waals surface area contributed by atoms with Crippen LogP contribution in [0, 0.1) is 5.41 Å². The van der Waals surface area contributed by atoms with E-state index in [0.717, 1.165) is 139 Å². The van der Waals surface area contributed by atoms with Crippen molar-refractivity contribution in [2.45, 2.75) is 0 Å². The zero-order valence-corrected chi connectivity index (χ0v) is 75.3. The molecule has 0 bridgehead atoms. The molecule has 0 fully saturated rings. The van der Waals surface area contributed by atoms with Crippen molar-refractivity contribution in [2.75, 3.05) is 0 Å². The molecule has 1 N–H and O–H groups in total. The zero-order valence-electron chi connectivity index (χ0n) is 74.5. The lowest BCUT2D eigenvalue weighted by atomic mass is 10.1. The van der Waals surface area contributed by atoms with Crippen molar-refractivity contribution in [1.29, 1.82) is 5.41 Å². The Labute approximate surface area is 797 Å². The minimum atomic E-state index is 0.159. The van der Waals surface area contributed by atoms with Gasteiger partial charge < -0.3 is 22.7 Å². The van der Waals surface area contributed by atoms with Gasteiger partial charge in [-0.05, 0) is 175 Å². The number of aliphatic imine (C=N–C) groups is 2. The van der Waals surface area contributed by atoms with Crippen molar-refractivity contribution in [3.05, 3.63) is 496 Å². The summed E-state index contributed by atoms with van der Waals surface area (Å²) in [6.07, 6.45) is 1.79. The van der Waals surface area contributed by atoms with E-state index in [9.17, 15) is 0 Å². The van der Waals surface area contributed by atoms with E-state index in [1.54, 1.807) is 6.21 Å². The number of para-hydroxylation sites is 6. The molecular formula is C125H81N11OS. The predicted molar refractivity (Wildman–Crippen MR) is 574 cm³/mol. The molecule has 12 nitrogen and oxygen atoms in total. The van der Waals surface area contributed by atoms with E-state index in [1.165, 1.54) is 85.6 Å². The highest BCUT2D eigenvalue weighted by atomic mass is 32.1. The summed E-state index contributed by atoms with van der Waals surface area (Å²) in [5, 5.41) is 23.3. The quantitative estimate of drug-likeness (QED) is 0.0907. The third-order valence-electron chi connectivity index (χ3n) is 26.1. The molecule has 0 unspecified atom stereocenters. The number of nitrogens with one attached hydrogen (secondary N) is 1. The number of hydrogen-bond donors (Lipinski definition) is 1. The first kappa shape index (κ1) is 81.6. The molecule has 27 rings (SSSR count). The summed E-state index contributed by atoms with van der Waals surface area (Å²) in [5.41, 5.74) is 27.8. The molecule has 19 aromatic carbocycles. The summed E-state index contributed by atoms with van der Waals surface area (Å²) in [7, 11) is 0. The van der Waals surface area contributed by atoms with E-state index in [-0.39, 0.29) is 5.84 Å². The normalized spacial score (nSPS) is 11.8. The molecule has 648 valence electrons. The van der Waals surface area contributed by atoms with Crippen LogP contribution >= 0.6 is 11.3 Å². The van der Waals surface area contributed by atoms with E-state index in [1.807, 2.05) is 169 Å². The van der Waals surface area contributed by atoms with E-state index >= 15 is 0 Å². The highest BCUT2D eigenvalue weighted by molar-refractivity contribution is 7.25. The van der Waals surface area contributed by atoms with Gasteiger partial charge in [-0.2, -0.15) is 0 Å². The van der Waals surface area contributed by atoms with Gasteiger partial charge in [0.1, 0.15) is 11.2 Å². The van der Waals surface area contributed by atoms with Crippen LogP contribution in [0.5, 0.6) is 0 Å². The van der Waals surface area contributed by atoms with Crippen LogP contribution in [-0.4, -0.2) is 56.1 Å².